The summed E-state index contributed by atoms with van der Waals surface area (Å²) in [6, 6.07) is 72.6. The number of hydrogen-bond donors (Lipinski definition) is 0. The minimum atomic E-state index is 0.626. The molecule has 5 heteroatoms. The van der Waals surface area contributed by atoms with Gasteiger partial charge in [-0.3, -0.25) is 0 Å². The van der Waals surface area contributed by atoms with Gasteiger partial charge in [-0.25, -0.2) is 19.9 Å². The number of nitrogens with zero attached hydrogens (tertiary/aromatic N) is 4. The second-order valence-electron chi connectivity index (χ2n) is 15.3. The van der Waals surface area contributed by atoms with Crippen LogP contribution in [0.1, 0.15) is 0 Å². The summed E-state index contributed by atoms with van der Waals surface area (Å²) in [5.41, 5.74) is 10.5. The van der Waals surface area contributed by atoms with E-state index < -0.39 is 0 Å². The Morgan fingerprint density at radius 3 is 1.51 bits per heavy atom. The van der Waals surface area contributed by atoms with Crippen LogP contribution in [0, 0.1) is 0 Å². The first-order valence-corrected chi connectivity index (χ1v) is 21.3. The Balaban J connectivity index is 1.00. The first-order chi connectivity index (χ1) is 30.2. The van der Waals surface area contributed by atoms with Gasteiger partial charge >= 0.3 is 0 Å². The Hall–Kier alpha value is -7.86. The molecule has 0 N–H and O–H groups in total. The molecule has 9 aromatic carbocycles. The quantitative estimate of drug-likeness (QED) is 0.157. The summed E-state index contributed by atoms with van der Waals surface area (Å²) in [6.45, 7) is 0. The molecule has 0 aliphatic carbocycles. The number of hydrogen-bond acceptors (Lipinski definition) is 5. The summed E-state index contributed by atoms with van der Waals surface area (Å²) in [6.07, 6.45) is 0. The van der Waals surface area contributed by atoms with Crippen molar-refractivity contribution in [1.29, 1.82) is 0 Å². The maximum Gasteiger partial charge on any atom is 0.164 e. The fourth-order valence-corrected chi connectivity index (χ4v) is 10.1. The molecule has 61 heavy (non-hydrogen) atoms. The van der Waals surface area contributed by atoms with E-state index in [9.17, 15) is 0 Å². The highest BCUT2D eigenvalue weighted by atomic mass is 32.1. The van der Waals surface area contributed by atoms with E-state index in [1.54, 1.807) is 0 Å². The first-order valence-electron chi connectivity index (χ1n) is 20.5. The molecular weight excluding hydrogens is 761 g/mol. The fourth-order valence-electron chi connectivity index (χ4n) is 8.78. The summed E-state index contributed by atoms with van der Waals surface area (Å²) in [5.74, 6) is 1.90. The van der Waals surface area contributed by atoms with E-state index in [-0.39, 0.29) is 0 Å². The molecule has 4 nitrogen and oxygen atoms in total. The van der Waals surface area contributed by atoms with Crippen molar-refractivity contribution in [3.05, 3.63) is 206 Å². The molecule has 0 aliphatic heterocycles. The SMILES string of the molecule is c1ccc(-c2ccc(-c3nc(-c4ccccc4)nc(-c4ccc(-c5cccc6nc(-c7cc8ccccc8c8ccccc78)c7c8ccccc8sc7c56)cc4)n3)cc2)cc1. The fraction of sp³-hybridized carbons (Fsp3) is 0. The molecule has 0 saturated carbocycles. The van der Waals surface area contributed by atoms with Crippen LogP contribution >= 0.6 is 11.3 Å². The highest BCUT2D eigenvalue weighted by Gasteiger charge is 2.21. The topological polar surface area (TPSA) is 51.6 Å². The molecule has 0 bridgehead atoms. The number of rotatable bonds is 6. The van der Waals surface area contributed by atoms with Crippen LogP contribution in [0.25, 0.3) is 120 Å². The molecule has 0 atom stereocenters. The monoisotopic (exact) mass is 794 g/mol. The predicted octanol–water partition coefficient (Wildman–Crippen LogP) is 15.1. The molecule has 284 valence electrons. The van der Waals surface area contributed by atoms with Crippen LogP contribution in [0.4, 0.5) is 0 Å². The lowest BCUT2D eigenvalue weighted by Gasteiger charge is -2.15. The molecule has 0 unspecified atom stereocenters. The maximum absolute atomic E-state index is 5.58. The molecule has 0 fully saturated rings. The van der Waals surface area contributed by atoms with E-state index in [4.69, 9.17) is 19.9 Å². The number of thiophene rings is 1. The van der Waals surface area contributed by atoms with E-state index >= 15 is 0 Å². The summed E-state index contributed by atoms with van der Waals surface area (Å²) in [7, 11) is 0. The lowest BCUT2D eigenvalue weighted by atomic mass is 9.92. The van der Waals surface area contributed by atoms with Crippen LogP contribution < -0.4 is 0 Å². The van der Waals surface area contributed by atoms with E-state index in [2.05, 4.69) is 170 Å². The zero-order chi connectivity index (χ0) is 40.3. The third kappa shape index (κ3) is 6.05. The highest BCUT2D eigenvalue weighted by molar-refractivity contribution is 7.26. The number of benzene rings is 9. The van der Waals surface area contributed by atoms with E-state index in [0.29, 0.717) is 17.5 Å². The van der Waals surface area contributed by atoms with Crippen LogP contribution in [0.3, 0.4) is 0 Å². The average Bonchev–Trinajstić information content (AvgIpc) is 3.74. The minimum Gasteiger partial charge on any atom is -0.247 e. The lowest BCUT2D eigenvalue weighted by molar-refractivity contribution is 1.07. The maximum atomic E-state index is 5.58. The minimum absolute atomic E-state index is 0.626. The van der Waals surface area contributed by atoms with Crippen LogP contribution in [0.15, 0.2) is 206 Å². The van der Waals surface area contributed by atoms with Gasteiger partial charge in [0.15, 0.2) is 17.5 Å². The number of fused-ring (bicyclic) bond motifs is 8. The molecule has 12 aromatic rings. The molecule has 0 saturated heterocycles. The van der Waals surface area contributed by atoms with Gasteiger partial charge in [-0.05, 0) is 62.0 Å². The van der Waals surface area contributed by atoms with Crippen molar-refractivity contribution in [2.24, 2.45) is 0 Å². The van der Waals surface area contributed by atoms with E-state index in [1.807, 2.05) is 47.7 Å². The van der Waals surface area contributed by atoms with Crippen molar-refractivity contribution in [3.8, 4) is 67.7 Å². The van der Waals surface area contributed by atoms with Gasteiger partial charge in [0.25, 0.3) is 0 Å². The zero-order valence-electron chi connectivity index (χ0n) is 32.8. The highest BCUT2D eigenvalue weighted by Crippen LogP contribution is 2.47. The Morgan fingerprint density at radius 2 is 0.820 bits per heavy atom. The van der Waals surface area contributed by atoms with Crippen molar-refractivity contribution < 1.29 is 0 Å². The predicted molar refractivity (Wildman–Crippen MR) is 256 cm³/mol. The van der Waals surface area contributed by atoms with Crippen molar-refractivity contribution in [1.82, 2.24) is 19.9 Å². The third-order valence-electron chi connectivity index (χ3n) is 11.7. The molecule has 0 radical (unpaired) electrons. The van der Waals surface area contributed by atoms with E-state index in [0.717, 1.165) is 55.5 Å². The van der Waals surface area contributed by atoms with E-state index in [1.165, 1.54) is 47.3 Å². The number of pyridine rings is 1. The summed E-state index contributed by atoms with van der Waals surface area (Å²) in [5, 5.41) is 8.49. The zero-order valence-corrected chi connectivity index (χ0v) is 33.6. The standard InChI is InChI=1S/C56H34N4S/c1-3-14-35(15-4-1)36-26-30-39(31-27-36)55-58-54(38-16-5-2-6-17-38)59-56(60-55)40-32-28-37(29-33-40)43-23-13-24-48-50(43)53-51(46-22-11-12-25-49(46)61-53)52(57-48)47-34-41-18-7-8-19-42(41)44-20-9-10-21-45(44)47/h1-34H. The van der Waals surface area contributed by atoms with Crippen molar-refractivity contribution in [2.75, 3.05) is 0 Å². The van der Waals surface area contributed by atoms with Crippen molar-refractivity contribution in [3.63, 3.8) is 0 Å². The lowest BCUT2D eigenvalue weighted by Crippen LogP contribution is -2.00. The first kappa shape index (κ1) is 35.1. The van der Waals surface area contributed by atoms with Gasteiger partial charge in [0.05, 0.1) is 11.2 Å². The van der Waals surface area contributed by atoms with Gasteiger partial charge in [0.2, 0.25) is 0 Å². The number of aromatic nitrogens is 4. The van der Waals surface area contributed by atoms with Gasteiger partial charge in [-0.1, -0.05) is 188 Å². The largest absolute Gasteiger partial charge is 0.247 e. The third-order valence-corrected chi connectivity index (χ3v) is 12.9. The van der Waals surface area contributed by atoms with Gasteiger partial charge < -0.3 is 0 Å². The van der Waals surface area contributed by atoms with Crippen molar-refractivity contribution in [2.45, 2.75) is 0 Å². The summed E-state index contributed by atoms with van der Waals surface area (Å²) in [4.78, 5) is 20.7. The average molecular weight is 795 g/mol. The molecule has 3 aromatic heterocycles. The van der Waals surface area contributed by atoms with Gasteiger partial charge in [-0.2, -0.15) is 0 Å². The van der Waals surface area contributed by atoms with Crippen LogP contribution in [-0.4, -0.2) is 19.9 Å². The smallest absolute Gasteiger partial charge is 0.164 e. The van der Waals surface area contributed by atoms with Crippen LogP contribution in [-0.2, 0) is 0 Å². The Morgan fingerprint density at radius 1 is 0.311 bits per heavy atom. The molecule has 3 heterocycles. The second kappa shape index (κ2) is 14.5. The Kier molecular flexibility index (Phi) is 8.32. The summed E-state index contributed by atoms with van der Waals surface area (Å²) >= 11 is 1.85. The molecule has 0 aliphatic rings. The molecule has 0 amide bonds. The summed E-state index contributed by atoms with van der Waals surface area (Å²) < 4.78 is 2.49. The van der Waals surface area contributed by atoms with Crippen LogP contribution in [0.2, 0.25) is 0 Å². The Bertz CT molecular complexity index is 3620. The molecule has 12 rings (SSSR count). The van der Waals surface area contributed by atoms with Crippen LogP contribution in [0.5, 0.6) is 0 Å². The van der Waals surface area contributed by atoms with Crippen molar-refractivity contribution >= 4 is 64.0 Å². The van der Waals surface area contributed by atoms with Gasteiger partial charge in [0, 0.05) is 47.8 Å². The molecular formula is C56H34N4S. The van der Waals surface area contributed by atoms with Gasteiger partial charge in [0.1, 0.15) is 0 Å². The molecule has 0 spiro atoms. The Labute approximate surface area is 356 Å². The normalized spacial score (nSPS) is 11.6. The second-order valence-corrected chi connectivity index (χ2v) is 16.4. The van der Waals surface area contributed by atoms with Gasteiger partial charge in [-0.15, -0.1) is 11.3 Å².